The number of hydrogen-bond donors (Lipinski definition) is 3. The van der Waals surface area contributed by atoms with E-state index in [2.05, 4.69) is 41.8 Å². The van der Waals surface area contributed by atoms with Crippen molar-refractivity contribution in [3.8, 4) is 5.75 Å². The van der Waals surface area contributed by atoms with E-state index >= 15 is 0 Å². The molecule has 0 fully saturated rings. The van der Waals surface area contributed by atoms with Crippen LogP contribution in [0.5, 0.6) is 5.75 Å². The van der Waals surface area contributed by atoms with Crippen LogP contribution in [0.3, 0.4) is 0 Å². The van der Waals surface area contributed by atoms with Crippen molar-refractivity contribution in [3.05, 3.63) is 108 Å². The van der Waals surface area contributed by atoms with Crippen molar-refractivity contribution in [2.24, 2.45) is 5.92 Å². The lowest BCUT2D eigenvalue weighted by molar-refractivity contribution is -0.122. The van der Waals surface area contributed by atoms with E-state index in [9.17, 15) is 13.2 Å². The molecule has 1 aliphatic rings. The van der Waals surface area contributed by atoms with Crippen LogP contribution in [0.1, 0.15) is 67.4 Å². The predicted molar refractivity (Wildman–Crippen MR) is 160 cm³/mol. The lowest BCUT2D eigenvalue weighted by Crippen LogP contribution is -2.36. The van der Waals surface area contributed by atoms with Crippen molar-refractivity contribution in [1.82, 2.24) is 15.4 Å². The molecule has 40 heavy (non-hydrogen) atoms. The molecule has 1 heterocycles. The first-order valence-electron chi connectivity index (χ1n) is 13.8. The molecule has 8 heteroatoms. The van der Waals surface area contributed by atoms with Gasteiger partial charge in [-0.15, -0.1) is 0 Å². The van der Waals surface area contributed by atoms with Gasteiger partial charge in [-0.2, -0.15) is 0 Å². The standard InChI is InChI=1S/C32H39N3O4S/c1-23(2)16-18-33-22-25-14-15-28-29(17-19-39-31(28)20-25)34-32(36)21-30(27-12-8-5-9-13-27)35-40(37,38)24(3)26-10-6-4-7-11-26/h4-15,20,23,29-30,33,35H,3,16-19,21-22H2,1-2H3,(H,34,36). The second kappa shape index (κ2) is 13.7. The van der Waals surface area contributed by atoms with E-state index in [1.807, 2.05) is 48.5 Å². The van der Waals surface area contributed by atoms with Gasteiger partial charge in [-0.05, 0) is 41.6 Å². The lowest BCUT2D eigenvalue weighted by atomic mass is 9.98. The molecule has 4 rings (SSSR count). The molecule has 3 aromatic carbocycles. The Hall–Kier alpha value is -3.46. The molecule has 0 bridgehead atoms. The minimum atomic E-state index is -3.96. The smallest absolute Gasteiger partial charge is 0.241 e. The summed E-state index contributed by atoms with van der Waals surface area (Å²) in [6, 6.07) is 23.0. The summed E-state index contributed by atoms with van der Waals surface area (Å²) in [7, 11) is -3.96. The highest BCUT2D eigenvalue weighted by Gasteiger charge is 2.28. The van der Waals surface area contributed by atoms with Crippen LogP contribution in [-0.2, 0) is 21.4 Å². The molecule has 1 aliphatic heterocycles. The zero-order chi connectivity index (χ0) is 28.5. The van der Waals surface area contributed by atoms with Gasteiger partial charge in [0.15, 0.2) is 0 Å². The molecule has 1 amide bonds. The lowest BCUT2D eigenvalue weighted by Gasteiger charge is -2.28. The van der Waals surface area contributed by atoms with Gasteiger partial charge in [0, 0.05) is 24.9 Å². The van der Waals surface area contributed by atoms with Crippen LogP contribution in [0.25, 0.3) is 4.91 Å². The fourth-order valence-corrected chi connectivity index (χ4v) is 5.89. The maximum atomic E-state index is 13.3. The molecule has 7 nitrogen and oxygen atoms in total. The molecule has 0 aromatic heterocycles. The first kappa shape index (κ1) is 29.5. The monoisotopic (exact) mass is 561 g/mol. The van der Waals surface area contributed by atoms with Crippen LogP contribution in [0.4, 0.5) is 0 Å². The summed E-state index contributed by atoms with van der Waals surface area (Å²) in [5.74, 6) is 1.18. The summed E-state index contributed by atoms with van der Waals surface area (Å²) >= 11 is 0. The van der Waals surface area contributed by atoms with Gasteiger partial charge in [0.25, 0.3) is 0 Å². The summed E-state index contributed by atoms with van der Waals surface area (Å²) in [6.07, 6.45) is 1.70. The summed E-state index contributed by atoms with van der Waals surface area (Å²) in [4.78, 5) is 13.3. The highest BCUT2D eigenvalue weighted by Crippen LogP contribution is 2.33. The number of rotatable bonds is 13. The molecule has 0 saturated heterocycles. The average molecular weight is 562 g/mol. The van der Waals surface area contributed by atoms with Crippen molar-refractivity contribution < 1.29 is 17.9 Å². The predicted octanol–water partition coefficient (Wildman–Crippen LogP) is 5.48. The number of ether oxygens (including phenoxy) is 1. The Morgan fingerprint density at radius 3 is 2.42 bits per heavy atom. The van der Waals surface area contributed by atoms with E-state index in [4.69, 9.17) is 4.74 Å². The highest BCUT2D eigenvalue weighted by molar-refractivity contribution is 7.98. The van der Waals surface area contributed by atoms with Crippen LogP contribution in [0.15, 0.2) is 85.4 Å². The fourth-order valence-electron chi connectivity index (χ4n) is 4.71. The number of nitrogens with one attached hydrogen (secondary N) is 3. The first-order chi connectivity index (χ1) is 19.2. The zero-order valence-corrected chi connectivity index (χ0v) is 24.0. The zero-order valence-electron chi connectivity index (χ0n) is 23.2. The number of hydrogen-bond acceptors (Lipinski definition) is 5. The normalized spacial score (nSPS) is 15.6. The molecule has 0 aliphatic carbocycles. The summed E-state index contributed by atoms with van der Waals surface area (Å²) in [5.41, 5.74) is 3.26. The fraction of sp³-hybridized carbons (Fsp3) is 0.344. The Morgan fingerprint density at radius 1 is 1.02 bits per heavy atom. The molecule has 212 valence electrons. The van der Waals surface area contributed by atoms with E-state index in [0.717, 1.165) is 36.4 Å². The molecule has 2 atom stereocenters. The average Bonchev–Trinajstić information content (AvgIpc) is 2.95. The Bertz CT molecular complexity index is 1390. The van der Waals surface area contributed by atoms with Crippen LogP contribution in [-0.4, -0.2) is 27.5 Å². The van der Waals surface area contributed by atoms with Crippen molar-refractivity contribution in [3.63, 3.8) is 0 Å². The van der Waals surface area contributed by atoms with Gasteiger partial charge >= 0.3 is 0 Å². The van der Waals surface area contributed by atoms with Gasteiger partial charge in [-0.25, -0.2) is 13.1 Å². The molecular formula is C32H39N3O4S. The molecule has 3 N–H and O–H groups in total. The number of sulfonamides is 1. The van der Waals surface area contributed by atoms with E-state index in [-0.39, 0.29) is 23.3 Å². The Balaban J connectivity index is 1.44. The number of benzene rings is 3. The van der Waals surface area contributed by atoms with E-state index in [1.54, 1.807) is 24.3 Å². The maximum absolute atomic E-state index is 13.3. The number of carbonyl (C=O) groups is 1. The maximum Gasteiger partial charge on any atom is 0.241 e. The molecule has 0 radical (unpaired) electrons. The largest absolute Gasteiger partial charge is 0.493 e. The van der Waals surface area contributed by atoms with Crippen molar-refractivity contribution >= 4 is 20.8 Å². The van der Waals surface area contributed by atoms with Crippen molar-refractivity contribution in [2.45, 2.75) is 51.7 Å². The molecule has 3 aromatic rings. The van der Waals surface area contributed by atoms with E-state index in [0.29, 0.717) is 30.1 Å². The minimum absolute atomic E-state index is 0.0395. The van der Waals surface area contributed by atoms with Crippen molar-refractivity contribution in [1.29, 1.82) is 0 Å². The third-order valence-electron chi connectivity index (χ3n) is 6.99. The first-order valence-corrected chi connectivity index (χ1v) is 15.3. The van der Waals surface area contributed by atoms with E-state index < -0.39 is 16.1 Å². The number of carbonyl (C=O) groups excluding carboxylic acids is 1. The number of amides is 1. The number of fused-ring (bicyclic) bond motifs is 1. The SMILES string of the molecule is C=C(c1ccccc1)S(=O)(=O)NC(CC(=O)NC1CCOc2cc(CNCCC(C)C)ccc21)c1ccccc1. The molecular weight excluding hydrogens is 522 g/mol. The quantitative estimate of drug-likeness (QED) is 0.240. The minimum Gasteiger partial charge on any atom is -0.493 e. The highest BCUT2D eigenvalue weighted by atomic mass is 32.2. The van der Waals surface area contributed by atoms with Crippen molar-refractivity contribution in [2.75, 3.05) is 13.2 Å². The van der Waals surface area contributed by atoms with Crippen LogP contribution >= 0.6 is 0 Å². The second-order valence-corrected chi connectivity index (χ2v) is 12.3. The Morgan fingerprint density at radius 2 is 1.73 bits per heavy atom. The molecule has 2 unspecified atom stereocenters. The molecule has 0 spiro atoms. The van der Waals surface area contributed by atoms with Gasteiger partial charge < -0.3 is 15.4 Å². The van der Waals surface area contributed by atoms with Gasteiger partial charge in [0.05, 0.1) is 23.6 Å². The second-order valence-electron chi connectivity index (χ2n) is 10.6. The summed E-state index contributed by atoms with van der Waals surface area (Å²) in [6.45, 7) is 10.4. The molecule has 0 saturated carbocycles. The van der Waals surface area contributed by atoms with Crippen LogP contribution in [0.2, 0.25) is 0 Å². The summed E-state index contributed by atoms with van der Waals surface area (Å²) in [5, 5.41) is 6.58. The van der Waals surface area contributed by atoms with Gasteiger partial charge in [-0.3, -0.25) is 4.79 Å². The third kappa shape index (κ3) is 8.03. The van der Waals surface area contributed by atoms with E-state index in [1.165, 1.54) is 0 Å². The van der Waals surface area contributed by atoms with Crippen LogP contribution in [0, 0.1) is 5.92 Å². The van der Waals surface area contributed by atoms with Gasteiger partial charge in [0.1, 0.15) is 5.75 Å². The Kier molecular flexibility index (Phi) is 10.1. The van der Waals surface area contributed by atoms with Gasteiger partial charge in [0.2, 0.25) is 15.9 Å². The Labute approximate surface area is 238 Å². The third-order valence-corrected chi connectivity index (χ3v) is 8.47. The van der Waals surface area contributed by atoms with Crippen LogP contribution < -0.4 is 20.1 Å². The van der Waals surface area contributed by atoms with Gasteiger partial charge in [-0.1, -0.05) is 93.2 Å². The summed E-state index contributed by atoms with van der Waals surface area (Å²) < 4.78 is 35.1. The topological polar surface area (TPSA) is 96.5 Å².